The highest BCUT2D eigenvalue weighted by molar-refractivity contribution is 5.98. The monoisotopic (exact) mass is 270 g/mol. The van der Waals surface area contributed by atoms with Crippen LogP contribution in [0.5, 0.6) is 5.75 Å². The molecule has 0 radical (unpaired) electrons. The third-order valence-corrected chi connectivity index (χ3v) is 3.19. The zero-order chi connectivity index (χ0) is 14.6. The standard InChI is InChI=1S/C16H18N2O2/c1-16(17,12-8-10-14(20-2)11-9-12)15(19)18-13-6-4-3-5-7-13/h3-11H,17H2,1-2H3,(H,18,19). The number of ether oxygens (including phenoxy) is 1. The molecule has 0 aliphatic rings. The number of rotatable bonds is 4. The van der Waals surface area contributed by atoms with Crippen LogP contribution in [-0.2, 0) is 10.3 Å². The first kappa shape index (κ1) is 14.1. The molecule has 0 bridgehead atoms. The molecule has 0 aromatic heterocycles. The molecule has 2 aromatic rings. The fourth-order valence-electron chi connectivity index (χ4n) is 1.85. The van der Waals surface area contributed by atoms with Crippen molar-refractivity contribution in [2.45, 2.75) is 12.5 Å². The first-order valence-electron chi connectivity index (χ1n) is 6.34. The van der Waals surface area contributed by atoms with Crippen LogP contribution in [0.3, 0.4) is 0 Å². The van der Waals surface area contributed by atoms with Crippen molar-refractivity contribution in [2.24, 2.45) is 5.73 Å². The highest BCUT2D eigenvalue weighted by Crippen LogP contribution is 2.22. The number of methoxy groups -OCH3 is 1. The molecular weight excluding hydrogens is 252 g/mol. The van der Waals surface area contributed by atoms with Crippen molar-refractivity contribution in [1.29, 1.82) is 0 Å². The van der Waals surface area contributed by atoms with Gasteiger partial charge in [-0.2, -0.15) is 0 Å². The molecule has 2 rings (SSSR count). The van der Waals surface area contributed by atoms with Gasteiger partial charge in [-0.25, -0.2) is 0 Å². The average Bonchev–Trinajstić information content (AvgIpc) is 2.48. The van der Waals surface area contributed by atoms with Gasteiger partial charge in [-0.3, -0.25) is 4.79 Å². The number of hydrogen-bond acceptors (Lipinski definition) is 3. The van der Waals surface area contributed by atoms with Gasteiger partial charge in [0.15, 0.2) is 0 Å². The van der Waals surface area contributed by atoms with Gasteiger partial charge in [0.1, 0.15) is 11.3 Å². The van der Waals surface area contributed by atoms with Crippen molar-refractivity contribution in [3.05, 3.63) is 60.2 Å². The van der Waals surface area contributed by atoms with Crippen LogP contribution >= 0.6 is 0 Å². The minimum absolute atomic E-state index is 0.256. The van der Waals surface area contributed by atoms with Crippen LogP contribution in [0.4, 0.5) is 5.69 Å². The summed E-state index contributed by atoms with van der Waals surface area (Å²) >= 11 is 0. The zero-order valence-corrected chi connectivity index (χ0v) is 11.6. The van der Waals surface area contributed by atoms with Gasteiger partial charge in [-0.05, 0) is 36.8 Å². The Morgan fingerprint density at radius 2 is 1.70 bits per heavy atom. The molecule has 4 heteroatoms. The molecule has 1 unspecified atom stereocenters. The quantitative estimate of drug-likeness (QED) is 0.897. The summed E-state index contributed by atoms with van der Waals surface area (Å²) in [6, 6.07) is 16.4. The lowest BCUT2D eigenvalue weighted by atomic mass is 9.92. The number of carbonyl (C=O) groups excluding carboxylic acids is 1. The summed E-state index contributed by atoms with van der Waals surface area (Å²) in [4.78, 5) is 12.3. The maximum absolute atomic E-state index is 12.3. The fourth-order valence-corrected chi connectivity index (χ4v) is 1.85. The SMILES string of the molecule is COc1ccc(C(C)(N)C(=O)Nc2ccccc2)cc1. The van der Waals surface area contributed by atoms with Crippen LogP contribution in [0.15, 0.2) is 54.6 Å². The Labute approximate surface area is 118 Å². The van der Waals surface area contributed by atoms with E-state index >= 15 is 0 Å². The zero-order valence-electron chi connectivity index (χ0n) is 11.6. The normalized spacial score (nSPS) is 13.3. The molecule has 0 heterocycles. The van der Waals surface area contributed by atoms with Gasteiger partial charge in [0, 0.05) is 5.69 Å². The Morgan fingerprint density at radius 3 is 2.25 bits per heavy atom. The summed E-state index contributed by atoms with van der Waals surface area (Å²) in [5, 5.41) is 2.81. The Bertz CT molecular complexity index is 577. The molecule has 0 saturated heterocycles. The van der Waals surface area contributed by atoms with E-state index in [-0.39, 0.29) is 5.91 Å². The molecule has 0 spiro atoms. The van der Waals surface area contributed by atoms with Gasteiger partial charge in [0.05, 0.1) is 7.11 Å². The van der Waals surface area contributed by atoms with Crippen LogP contribution in [0.25, 0.3) is 0 Å². The summed E-state index contributed by atoms with van der Waals surface area (Å²) in [5.74, 6) is 0.474. The van der Waals surface area contributed by atoms with Crippen LogP contribution in [-0.4, -0.2) is 13.0 Å². The summed E-state index contributed by atoms with van der Waals surface area (Å²) in [5.41, 5.74) is 6.51. The molecule has 1 atom stereocenters. The van der Waals surface area contributed by atoms with E-state index in [1.807, 2.05) is 30.3 Å². The number of para-hydroxylation sites is 1. The van der Waals surface area contributed by atoms with Crippen LogP contribution in [0, 0.1) is 0 Å². The smallest absolute Gasteiger partial charge is 0.248 e. The van der Waals surface area contributed by atoms with Gasteiger partial charge >= 0.3 is 0 Å². The average molecular weight is 270 g/mol. The lowest BCUT2D eigenvalue weighted by molar-refractivity contribution is -0.120. The minimum atomic E-state index is -1.11. The molecule has 0 aliphatic carbocycles. The summed E-state index contributed by atoms with van der Waals surface area (Å²) in [7, 11) is 1.60. The molecule has 0 aliphatic heterocycles. The number of carbonyl (C=O) groups is 1. The third kappa shape index (κ3) is 2.97. The maximum atomic E-state index is 12.3. The Kier molecular flexibility index (Phi) is 4.05. The molecule has 0 fully saturated rings. The highest BCUT2D eigenvalue weighted by Gasteiger charge is 2.30. The second-order valence-corrected chi connectivity index (χ2v) is 4.75. The van der Waals surface area contributed by atoms with E-state index in [4.69, 9.17) is 10.5 Å². The second-order valence-electron chi connectivity index (χ2n) is 4.75. The van der Waals surface area contributed by atoms with E-state index in [9.17, 15) is 4.79 Å². The van der Waals surface area contributed by atoms with E-state index in [2.05, 4.69) is 5.32 Å². The molecule has 3 N–H and O–H groups in total. The fraction of sp³-hybridized carbons (Fsp3) is 0.188. The Hall–Kier alpha value is -2.33. The Balaban J connectivity index is 2.18. The highest BCUT2D eigenvalue weighted by atomic mass is 16.5. The summed E-state index contributed by atoms with van der Waals surface area (Å²) in [6.45, 7) is 1.69. The van der Waals surface area contributed by atoms with Gasteiger partial charge in [0.2, 0.25) is 5.91 Å². The maximum Gasteiger partial charge on any atom is 0.248 e. The molecule has 1 amide bonds. The second kappa shape index (κ2) is 5.75. The lowest BCUT2D eigenvalue weighted by Gasteiger charge is -2.24. The van der Waals surface area contributed by atoms with E-state index in [0.29, 0.717) is 0 Å². The number of hydrogen-bond donors (Lipinski definition) is 2. The largest absolute Gasteiger partial charge is 0.497 e. The van der Waals surface area contributed by atoms with Crippen molar-refractivity contribution in [2.75, 3.05) is 12.4 Å². The van der Waals surface area contributed by atoms with Gasteiger partial charge in [-0.1, -0.05) is 30.3 Å². The van der Waals surface area contributed by atoms with E-state index < -0.39 is 5.54 Å². The van der Waals surface area contributed by atoms with Crippen LogP contribution < -0.4 is 15.8 Å². The summed E-state index contributed by atoms with van der Waals surface area (Å²) < 4.78 is 5.10. The Morgan fingerprint density at radius 1 is 1.10 bits per heavy atom. The molecular formula is C16H18N2O2. The number of anilines is 1. The number of nitrogens with two attached hydrogens (primary N) is 1. The van der Waals surface area contributed by atoms with E-state index in [0.717, 1.165) is 17.0 Å². The third-order valence-electron chi connectivity index (χ3n) is 3.19. The molecule has 0 saturated carbocycles. The molecule has 20 heavy (non-hydrogen) atoms. The summed E-state index contributed by atoms with van der Waals surface area (Å²) in [6.07, 6.45) is 0. The molecule has 4 nitrogen and oxygen atoms in total. The number of nitrogens with one attached hydrogen (secondary N) is 1. The van der Waals surface area contributed by atoms with Crippen molar-refractivity contribution < 1.29 is 9.53 Å². The van der Waals surface area contributed by atoms with E-state index in [1.165, 1.54) is 0 Å². The van der Waals surface area contributed by atoms with Gasteiger partial charge in [0.25, 0.3) is 0 Å². The minimum Gasteiger partial charge on any atom is -0.497 e. The topological polar surface area (TPSA) is 64.3 Å². The van der Waals surface area contributed by atoms with Crippen LogP contribution in [0.1, 0.15) is 12.5 Å². The van der Waals surface area contributed by atoms with Gasteiger partial charge in [-0.15, -0.1) is 0 Å². The van der Waals surface area contributed by atoms with Crippen molar-refractivity contribution in [3.8, 4) is 5.75 Å². The van der Waals surface area contributed by atoms with Crippen molar-refractivity contribution in [3.63, 3.8) is 0 Å². The van der Waals surface area contributed by atoms with Gasteiger partial charge < -0.3 is 15.8 Å². The first-order valence-corrected chi connectivity index (χ1v) is 6.34. The predicted octanol–water partition coefficient (Wildman–Crippen LogP) is 2.51. The molecule has 104 valence electrons. The number of benzene rings is 2. The van der Waals surface area contributed by atoms with Crippen molar-refractivity contribution >= 4 is 11.6 Å². The number of amides is 1. The first-order chi connectivity index (χ1) is 9.54. The van der Waals surface area contributed by atoms with E-state index in [1.54, 1.807) is 38.3 Å². The van der Waals surface area contributed by atoms with Crippen LogP contribution in [0.2, 0.25) is 0 Å². The molecule has 2 aromatic carbocycles. The lowest BCUT2D eigenvalue weighted by Crippen LogP contribution is -2.45. The van der Waals surface area contributed by atoms with Crippen molar-refractivity contribution in [1.82, 2.24) is 0 Å². The predicted molar refractivity (Wildman–Crippen MR) is 79.6 cm³/mol.